The molecule has 5 nitrogen and oxygen atoms in total. The molecule has 1 saturated heterocycles. The SMILES string of the molecule is CC(=O)N1CCC2(CC=C([C@@H]3c4ccccc4-c4cncn43)[C@@H]2O)CC1. The van der Waals surface area contributed by atoms with Crippen LogP contribution in [-0.4, -0.2) is 44.7 Å². The van der Waals surface area contributed by atoms with Crippen molar-refractivity contribution in [1.29, 1.82) is 0 Å². The first-order chi connectivity index (χ1) is 12.6. The van der Waals surface area contributed by atoms with E-state index in [4.69, 9.17) is 0 Å². The largest absolute Gasteiger partial charge is 0.388 e. The van der Waals surface area contributed by atoms with Crippen LogP contribution in [0.15, 0.2) is 48.4 Å². The van der Waals surface area contributed by atoms with Crippen LogP contribution in [0.4, 0.5) is 0 Å². The van der Waals surface area contributed by atoms with Crippen molar-refractivity contribution < 1.29 is 9.90 Å². The molecular weight excluding hydrogens is 326 g/mol. The fraction of sp³-hybridized carbons (Fsp3) is 0.429. The van der Waals surface area contributed by atoms with Gasteiger partial charge in [-0.3, -0.25) is 4.79 Å². The third kappa shape index (κ3) is 2.07. The average Bonchev–Trinajstić information content (AvgIpc) is 3.31. The van der Waals surface area contributed by atoms with E-state index in [0.29, 0.717) is 0 Å². The van der Waals surface area contributed by atoms with Crippen molar-refractivity contribution >= 4 is 5.91 Å². The summed E-state index contributed by atoms with van der Waals surface area (Å²) in [5.74, 6) is 0.133. The number of rotatable bonds is 1. The summed E-state index contributed by atoms with van der Waals surface area (Å²) in [6, 6.07) is 8.44. The number of hydrogen-bond donors (Lipinski definition) is 1. The van der Waals surface area contributed by atoms with E-state index in [1.165, 1.54) is 11.1 Å². The standard InChI is InChI=1S/C21H23N3O2/c1-14(25)23-10-8-21(9-11-23)7-6-17(20(21)26)19-16-5-3-2-4-15(16)18-12-22-13-24(18)19/h2-6,12-13,19-20,26H,7-11H2,1H3/t19-,20-/m0/s1. The van der Waals surface area contributed by atoms with Crippen molar-refractivity contribution in [2.45, 2.75) is 38.3 Å². The summed E-state index contributed by atoms with van der Waals surface area (Å²) in [5, 5.41) is 11.3. The number of aliphatic hydroxyl groups is 1. The molecule has 1 N–H and O–H groups in total. The van der Waals surface area contributed by atoms with Crippen LogP contribution in [0.2, 0.25) is 0 Å². The molecule has 2 atom stereocenters. The smallest absolute Gasteiger partial charge is 0.219 e. The van der Waals surface area contributed by atoms with E-state index < -0.39 is 6.10 Å². The lowest BCUT2D eigenvalue weighted by Gasteiger charge is -2.42. The van der Waals surface area contributed by atoms with Gasteiger partial charge in [0.05, 0.1) is 30.4 Å². The van der Waals surface area contributed by atoms with E-state index >= 15 is 0 Å². The highest BCUT2D eigenvalue weighted by molar-refractivity contribution is 5.73. The summed E-state index contributed by atoms with van der Waals surface area (Å²) < 4.78 is 2.18. The van der Waals surface area contributed by atoms with E-state index in [9.17, 15) is 9.90 Å². The number of nitrogens with zero attached hydrogens (tertiary/aromatic N) is 3. The molecule has 0 radical (unpaired) electrons. The van der Waals surface area contributed by atoms with Crippen LogP contribution < -0.4 is 0 Å². The molecule has 2 aliphatic heterocycles. The Morgan fingerprint density at radius 1 is 1.27 bits per heavy atom. The van der Waals surface area contributed by atoms with Gasteiger partial charge in [-0.2, -0.15) is 0 Å². The Morgan fingerprint density at radius 2 is 2.04 bits per heavy atom. The molecule has 5 rings (SSSR count). The summed E-state index contributed by atoms with van der Waals surface area (Å²) in [6.45, 7) is 3.11. The highest BCUT2D eigenvalue weighted by Gasteiger charge is 2.48. The van der Waals surface area contributed by atoms with E-state index in [1.54, 1.807) is 6.92 Å². The molecular formula is C21H23N3O2. The number of aliphatic hydroxyl groups excluding tert-OH is 1. The van der Waals surface area contributed by atoms with Gasteiger partial charge in [-0.05, 0) is 30.4 Å². The van der Waals surface area contributed by atoms with Gasteiger partial charge in [0.1, 0.15) is 0 Å². The van der Waals surface area contributed by atoms with Crippen LogP contribution in [0.1, 0.15) is 37.8 Å². The molecule has 134 valence electrons. The third-order valence-corrected chi connectivity index (χ3v) is 6.64. The monoisotopic (exact) mass is 349 g/mol. The molecule has 0 saturated carbocycles. The van der Waals surface area contributed by atoms with E-state index in [2.05, 4.69) is 39.9 Å². The summed E-state index contributed by atoms with van der Waals surface area (Å²) in [5.41, 5.74) is 4.53. The molecule has 1 spiro atoms. The maximum atomic E-state index is 11.6. The first-order valence-electron chi connectivity index (χ1n) is 9.35. The van der Waals surface area contributed by atoms with Crippen LogP contribution in [0, 0.1) is 5.41 Å². The molecule has 0 bridgehead atoms. The predicted molar refractivity (Wildman–Crippen MR) is 98.4 cm³/mol. The molecule has 0 unspecified atom stereocenters. The van der Waals surface area contributed by atoms with Crippen LogP contribution in [0.25, 0.3) is 11.3 Å². The zero-order chi connectivity index (χ0) is 17.9. The zero-order valence-corrected chi connectivity index (χ0v) is 14.9. The number of piperidine rings is 1. The maximum absolute atomic E-state index is 11.6. The van der Waals surface area contributed by atoms with Gasteiger partial charge in [0.15, 0.2) is 0 Å². The number of carbonyl (C=O) groups excluding carboxylic acids is 1. The van der Waals surface area contributed by atoms with E-state index in [1.807, 2.05) is 17.4 Å². The Labute approximate surface area is 153 Å². The Hall–Kier alpha value is -2.40. The van der Waals surface area contributed by atoms with Crippen molar-refractivity contribution in [3.05, 3.63) is 54.0 Å². The quantitative estimate of drug-likeness (QED) is 0.806. The molecule has 1 aromatic heterocycles. The molecule has 5 heteroatoms. The molecule has 3 aliphatic rings. The number of benzene rings is 1. The summed E-state index contributed by atoms with van der Waals surface area (Å²) >= 11 is 0. The van der Waals surface area contributed by atoms with Gasteiger partial charge in [0.2, 0.25) is 5.91 Å². The Balaban J connectivity index is 1.47. The number of aromatic nitrogens is 2. The molecule has 26 heavy (non-hydrogen) atoms. The van der Waals surface area contributed by atoms with Crippen LogP contribution in [0.5, 0.6) is 0 Å². The molecule has 1 aromatic carbocycles. The Bertz CT molecular complexity index is 905. The number of amides is 1. The van der Waals surface area contributed by atoms with Gasteiger partial charge in [0, 0.05) is 31.0 Å². The van der Waals surface area contributed by atoms with Gasteiger partial charge in [-0.1, -0.05) is 30.3 Å². The minimum Gasteiger partial charge on any atom is -0.388 e. The number of allylic oxidation sites excluding steroid dienone is 1. The minimum atomic E-state index is -0.469. The second-order valence-electron chi connectivity index (χ2n) is 7.86. The molecule has 1 amide bonds. The zero-order valence-electron chi connectivity index (χ0n) is 14.9. The predicted octanol–water partition coefficient (Wildman–Crippen LogP) is 2.77. The molecule has 1 fully saturated rings. The summed E-state index contributed by atoms with van der Waals surface area (Å²) in [7, 11) is 0. The highest BCUT2D eigenvalue weighted by atomic mass is 16.3. The number of carbonyl (C=O) groups is 1. The number of imidazole rings is 1. The van der Waals surface area contributed by atoms with Gasteiger partial charge >= 0.3 is 0 Å². The Kier molecular flexibility index (Phi) is 3.38. The minimum absolute atomic E-state index is 0.0314. The van der Waals surface area contributed by atoms with Crippen molar-refractivity contribution in [3.63, 3.8) is 0 Å². The maximum Gasteiger partial charge on any atom is 0.219 e. The topological polar surface area (TPSA) is 58.4 Å². The summed E-state index contributed by atoms with van der Waals surface area (Å²) in [6.07, 6.45) is 8.15. The normalized spacial score (nSPS) is 25.9. The van der Waals surface area contributed by atoms with Gasteiger partial charge in [-0.25, -0.2) is 4.98 Å². The lowest BCUT2D eigenvalue weighted by molar-refractivity contribution is -0.132. The second-order valence-corrected chi connectivity index (χ2v) is 7.86. The number of likely N-dealkylation sites (tertiary alicyclic amines) is 1. The number of hydrogen-bond acceptors (Lipinski definition) is 3. The average molecular weight is 349 g/mol. The lowest BCUT2D eigenvalue weighted by Crippen LogP contribution is -2.46. The highest BCUT2D eigenvalue weighted by Crippen LogP contribution is 2.52. The van der Waals surface area contributed by atoms with Crippen molar-refractivity contribution in [3.8, 4) is 11.3 Å². The second kappa shape index (κ2) is 5.55. The van der Waals surface area contributed by atoms with Crippen molar-refractivity contribution in [2.75, 3.05) is 13.1 Å². The van der Waals surface area contributed by atoms with Crippen molar-refractivity contribution in [1.82, 2.24) is 14.5 Å². The van der Waals surface area contributed by atoms with Gasteiger partial charge in [-0.15, -0.1) is 0 Å². The Morgan fingerprint density at radius 3 is 2.81 bits per heavy atom. The first-order valence-corrected chi connectivity index (χ1v) is 9.35. The van der Waals surface area contributed by atoms with E-state index in [-0.39, 0.29) is 17.4 Å². The first kappa shape index (κ1) is 15.8. The van der Waals surface area contributed by atoms with Crippen LogP contribution in [-0.2, 0) is 4.79 Å². The summed E-state index contributed by atoms with van der Waals surface area (Å²) in [4.78, 5) is 17.9. The van der Waals surface area contributed by atoms with Gasteiger partial charge in [0.25, 0.3) is 0 Å². The van der Waals surface area contributed by atoms with Crippen LogP contribution in [0.3, 0.4) is 0 Å². The fourth-order valence-electron chi connectivity index (χ4n) is 5.08. The molecule has 3 heterocycles. The third-order valence-electron chi connectivity index (χ3n) is 6.64. The molecule has 2 aromatic rings. The fourth-order valence-corrected chi connectivity index (χ4v) is 5.08. The lowest BCUT2D eigenvalue weighted by atomic mass is 9.73. The van der Waals surface area contributed by atoms with Crippen LogP contribution >= 0.6 is 0 Å². The number of fused-ring (bicyclic) bond motifs is 3. The molecule has 1 aliphatic carbocycles. The van der Waals surface area contributed by atoms with Gasteiger partial charge < -0.3 is 14.6 Å². The van der Waals surface area contributed by atoms with Crippen molar-refractivity contribution in [2.24, 2.45) is 5.41 Å². The van der Waals surface area contributed by atoms with E-state index in [0.717, 1.165) is 43.6 Å².